The average molecular weight is 285 g/mol. The van der Waals surface area contributed by atoms with Crippen LogP contribution in [0.3, 0.4) is 0 Å². The molecule has 0 saturated heterocycles. The molecule has 0 aliphatic heterocycles. The van der Waals surface area contributed by atoms with Gasteiger partial charge in [-0.3, -0.25) is 4.98 Å². The molecule has 20 heavy (non-hydrogen) atoms. The molecule has 1 aromatic heterocycles. The highest BCUT2D eigenvalue weighted by molar-refractivity contribution is 6.58. The van der Waals surface area contributed by atoms with E-state index in [2.05, 4.69) is 4.98 Å². The second-order valence-corrected chi connectivity index (χ2v) is 3.89. The number of ether oxygens (including phenoxy) is 4. The molecule has 8 heteroatoms. The summed E-state index contributed by atoms with van der Waals surface area (Å²) in [4.78, 5) is 3.85. The van der Waals surface area contributed by atoms with E-state index < -0.39 is 7.12 Å². The van der Waals surface area contributed by atoms with Crippen LogP contribution in [0.2, 0.25) is 0 Å². The van der Waals surface area contributed by atoms with Gasteiger partial charge in [0.15, 0.2) is 0 Å². The van der Waals surface area contributed by atoms with Crippen LogP contribution in [0.25, 0.3) is 0 Å². The number of aromatic nitrogens is 1. The molecule has 0 aliphatic rings. The maximum atomic E-state index is 8.99. The summed E-state index contributed by atoms with van der Waals surface area (Å²) in [6.07, 6.45) is 2.87. The molecule has 0 amide bonds. The lowest BCUT2D eigenvalue weighted by Gasteiger charge is -2.08. The number of rotatable bonds is 11. The summed E-state index contributed by atoms with van der Waals surface area (Å²) in [5.41, 5.74) is 0.287. The highest BCUT2D eigenvalue weighted by atomic mass is 16.6. The van der Waals surface area contributed by atoms with Gasteiger partial charge in [-0.15, -0.1) is 0 Å². The van der Waals surface area contributed by atoms with Crippen LogP contribution in [-0.4, -0.2) is 68.9 Å². The fourth-order valence-electron chi connectivity index (χ4n) is 1.34. The summed E-state index contributed by atoms with van der Waals surface area (Å²) in [7, 11) is 0.0724. The van der Waals surface area contributed by atoms with E-state index in [0.717, 1.165) is 0 Å². The Labute approximate surface area is 118 Å². The predicted octanol–water partition coefficient (Wildman–Crippen LogP) is -1.18. The summed E-state index contributed by atoms with van der Waals surface area (Å²) in [6.45, 7) is 2.89. The highest BCUT2D eigenvalue weighted by Crippen LogP contribution is 2.04. The third-order valence-electron chi connectivity index (χ3n) is 2.33. The third kappa shape index (κ3) is 7.42. The van der Waals surface area contributed by atoms with Crippen molar-refractivity contribution in [3.8, 4) is 5.75 Å². The molecule has 0 fully saturated rings. The number of hydrogen-bond acceptors (Lipinski definition) is 7. The Bertz CT molecular complexity index is 366. The van der Waals surface area contributed by atoms with Crippen LogP contribution in [0.5, 0.6) is 5.75 Å². The van der Waals surface area contributed by atoms with E-state index in [1.807, 2.05) is 0 Å². The molecular weight excluding hydrogens is 265 g/mol. The molecular formula is C12H20BNO6. The number of methoxy groups -OCH3 is 1. The smallest absolute Gasteiger partial charge is 0.490 e. The largest absolute Gasteiger partial charge is 0.490 e. The van der Waals surface area contributed by atoms with Crippen LogP contribution < -0.4 is 10.2 Å². The third-order valence-corrected chi connectivity index (χ3v) is 2.33. The van der Waals surface area contributed by atoms with Crippen LogP contribution in [0, 0.1) is 0 Å². The van der Waals surface area contributed by atoms with Crippen molar-refractivity contribution in [3.63, 3.8) is 0 Å². The molecule has 0 aliphatic carbocycles. The Kier molecular flexibility index (Phi) is 8.93. The Morgan fingerprint density at radius 1 is 1.00 bits per heavy atom. The minimum Gasteiger partial charge on any atom is -0.490 e. The lowest BCUT2D eigenvalue weighted by molar-refractivity contribution is 0.0179. The summed E-state index contributed by atoms with van der Waals surface area (Å²) in [5, 5.41) is 18.0. The monoisotopic (exact) mass is 285 g/mol. The lowest BCUT2D eigenvalue weighted by atomic mass is 9.82. The van der Waals surface area contributed by atoms with Gasteiger partial charge >= 0.3 is 7.12 Å². The maximum Gasteiger partial charge on any atom is 0.490 e. The first kappa shape index (κ1) is 16.9. The van der Waals surface area contributed by atoms with Crippen LogP contribution in [-0.2, 0) is 14.2 Å². The maximum absolute atomic E-state index is 8.99. The zero-order valence-electron chi connectivity index (χ0n) is 11.5. The van der Waals surface area contributed by atoms with Crippen LogP contribution in [0.1, 0.15) is 0 Å². The average Bonchev–Trinajstić information content (AvgIpc) is 2.46. The molecule has 0 bridgehead atoms. The lowest BCUT2D eigenvalue weighted by Crippen LogP contribution is -2.30. The van der Waals surface area contributed by atoms with Crippen molar-refractivity contribution in [3.05, 3.63) is 18.5 Å². The second kappa shape index (κ2) is 10.6. The summed E-state index contributed by atoms with van der Waals surface area (Å²) in [5.74, 6) is 0.468. The predicted molar refractivity (Wildman–Crippen MR) is 73.1 cm³/mol. The van der Waals surface area contributed by atoms with Crippen molar-refractivity contribution in [1.82, 2.24) is 4.98 Å². The van der Waals surface area contributed by atoms with E-state index in [1.54, 1.807) is 7.11 Å². The molecule has 0 spiro atoms. The quantitative estimate of drug-likeness (QED) is 0.390. The SMILES string of the molecule is COCCOCCOCCOc1cncc(B(O)O)c1. The van der Waals surface area contributed by atoms with Crippen LogP contribution in [0.4, 0.5) is 0 Å². The Balaban J connectivity index is 2.05. The summed E-state index contributed by atoms with van der Waals surface area (Å²) >= 11 is 0. The molecule has 112 valence electrons. The van der Waals surface area contributed by atoms with Crippen molar-refractivity contribution >= 4 is 12.6 Å². The fourth-order valence-corrected chi connectivity index (χ4v) is 1.34. The van der Waals surface area contributed by atoms with Crippen molar-refractivity contribution in [2.75, 3.05) is 46.8 Å². The Hall–Kier alpha value is -1.19. The van der Waals surface area contributed by atoms with Gasteiger partial charge in [0.05, 0.1) is 39.2 Å². The van der Waals surface area contributed by atoms with E-state index in [1.165, 1.54) is 18.5 Å². The molecule has 0 saturated carbocycles. The molecule has 1 heterocycles. The van der Waals surface area contributed by atoms with Gasteiger partial charge in [0.25, 0.3) is 0 Å². The van der Waals surface area contributed by atoms with Gasteiger partial charge in [-0.25, -0.2) is 0 Å². The van der Waals surface area contributed by atoms with Crippen molar-refractivity contribution in [2.45, 2.75) is 0 Å². The van der Waals surface area contributed by atoms with Crippen molar-refractivity contribution in [2.24, 2.45) is 0 Å². The Morgan fingerprint density at radius 3 is 2.30 bits per heavy atom. The molecule has 0 atom stereocenters. The van der Waals surface area contributed by atoms with Gasteiger partial charge in [0.1, 0.15) is 12.4 Å². The highest BCUT2D eigenvalue weighted by Gasteiger charge is 2.11. The van der Waals surface area contributed by atoms with Crippen molar-refractivity contribution in [1.29, 1.82) is 0 Å². The first-order chi connectivity index (χ1) is 9.74. The van der Waals surface area contributed by atoms with E-state index in [4.69, 9.17) is 29.0 Å². The van der Waals surface area contributed by atoms with E-state index >= 15 is 0 Å². The van der Waals surface area contributed by atoms with E-state index in [0.29, 0.717) is 45.4 Å². The van der Waals surface area contributed by atoms with Gasteiger partial charge in [-0.1, -0.05) is 0 Å². The number of pyridine rings is 1. The molecule has 0 unspecified atom stereocenters. The summed E-state index contributed by atoms with van der Waals surface area (Å²) in [6, 6.07) is 1.52. The second-order valence-electron chi connectivity index (χ2n) is 3.89. The minimum absolute atomic E-state index is 0.287. The Morgan fingerprint density at radius 2 is 1.65 bits per heavy atom. The van der Waals surface area contributed by atoms with Crippen LogP contribution >= 0.6 is 0 Å². The molecule has 1 rings (SSSR count). The van der Waals surface area contributed by atoms with Gasteiger partial charge in [0.2, 0.25) is 0 Å². The van der Waals surface area contributed by atoms with E-state index in [-0.39, 0.29) is 5.46 Å². The van der Waals surface area contributed by atoms with Gasteiger partial charge in [-0.05, 0) is 6.07 Å². The normalized spacial score (nSPS) is 10.6. The van der Waals surface area contributed by atoms with Crippen molar-refractivity contribution < 1.29 is 29.0 Å². The zero-order chi connectivity index (χ0) is 14.6. The first-order valence-electron chi connectivity index (χ1n) is 6.32. The van der Waals surface area contributed by atoms with Gasteiger partial charge in [-0.2, -0.15) is 0 Å². The minimum atomic E-state index is -1.55. The molecule has 0 radical (unpaired) electrons. The van der Waals surface area contributed by atoms with Crippen LogP contribution in [0.15, 0.2) is 18.5 Å². The topological polar surface area (TPSA) is 90.3 Å². The molecule has 1 aromatic rings. The number of hydrogen-bond donors (Lipinski definition) is 2. The zero-order valence-corrected chi connectivity index (χ0v) is 11.5. The first-order valence-corrected chi connectivity index (χ1v) is 6.32. The fraction of sp³-hybridized carbons (Fsp3) is 0.583. The standard InChI is InChI=1S/C12H20BNO6/c1-17-2-3-18-4-5-19-6-7-20-12-8-11(13(15)16)9-14-10-12/h8-10,15-16H,2-7H2,1H3. The van der Waals surface area contributed by atoms with Gasteiger partial charge in [0, 0.05) is 18.8 Å². The van der Waals surface area contributed by atoms with Gasteiger partial charge < -0.3 is 29.0 Å². The molecule has 0 aromatic carbocycles. The molecule has 2 N–H and O–H groups in total. The number of nitrogens with zero attached hydrogens (tertiary/aromatic N) is 1. The molecule has 7 nitrogen and oxygen atoms in total. The summed E-state index contributed by atoms with van der Waals surface area (Å²) < 4.78 is 20.7. The van der Waals surface area contributed by atoms with E-state index in [9.17, 15) is 0 Å².